The minimum absolute atomic E-state index is 0.178. The molecular weight excluding hydrogens is 390 g/mol. The van der Waals surface area contributed by atoms with E-state index in [4.69, 9.17) is 9.47 Å². The molecule has 154 valence electrons. The summed E-state index contributed by atoms with van der Waals surface area (Å²) in [7, 11) is 0. The average molecular weight is 409 g/mol. The van der Waals surface area contributed by atoms with Gasteiger partial charge in [0.15, 0.2) is 0 Å². The Kier molecular flexibility index (Phi) is 6.43. The molecule has 9 nitrogen and oxygen atoms in total. The van der Waals surface area contributed by atoms with Crippen molar-refractivity contribution in [1.29, 1.82) is 0 Å². The summed E-state index contributed by atoms with van der Waals surface area (Å²) in [6.07, 6.45) is 2.85. The summed E-state index contributed by atoms with van der Waals surface area (Å²) in [4.78, 5) is 37.3. The van der Waals surface area contributed by atoms with Gasteiger partial charge in [-0.1, -0.05) is 35.9 Å². The van der Waals surface area contributed by atoms with E-state index in [2.05, 4.69) is 4.98 Å². The first-order valence-corrected chi connectivity index (χ1v) is 9.04. The number of hydrogen-bond donors (Lipinski definition) is 2. The Balaban J connectivity index is 1.58. The molecule has 3 aromatic rings. The highest BCUT2D eigenvalue weighted by Crippen LogP contribution is 2.16. The Bertz CT molecular complexity index is 1160. The van der Waals surface area contributed by atoms with E-state index in [0.29, 0.717) is 24.5 Å². The SMILES string of the molecule is Cc1ccc(OCCOc2ccc(C=Cc3[nH]c(=O)[nH]c(=O)c3[N+](=O)[O-])cc2)cc1. The van der Waals surface area contributed by atoms with Gasteiger partial charge in [0.25, 0.3) is 0 Å². The maximum absolute atomic E-state index is 11.6. The highest BCUT2D eigenvalue weighted by atomic mass is 16.6. The Labute approximate surface area is 170 Å². The number of nitrogens with one attached hydrogen (secondary N) is 2. The fourth-order valence-electron chi connectivity index (χ4n) is 2.61. The van der Waals surface area contributed by atoms with Crippen LogP contribution < -0.4 is 20.7 Å². The smallest absolute Gasteiger partial charge is 0.357 e. The Morgan fingerprint density at radius 2 is 1.47 bits per heavy atom. The molecule has 0 radical (unpaired) electrons. The van der Waals surface area contributed by atoms with Crippen molar-refractivity contribution in [3.8, 4) is 11.5 Å². The van der Waals surface area contributed by atoms with Crippen LogP contribution >= 0.6 is 0 Å². The fraction of sp³-hybridized carbons (Fsp3) is 0.143. The van der Waals surface area contributed by atoms with E-state index in [9.17, 15) is 19.7 Å². The molecule has 0 atom stereocenters. The van der Waals surface area contributed by atoms with Crippen LogP contribution in [0.1, 0.15) is 16.8 Å². The predicted octanol–water partition coefficient (Wildman–Crippen LogP) is 2.91. The number of nitrogens with zero attached hydrogens (tertiary/aromatic N) is 1. The van der Waals surface area contributed by atoms with Crippen LogP contribution in [-0.4, -0.2) is 28.1 Å². The van der Waals surface area contributed by atoms with E-state index in [0.717, 1.165) is 11.3 Å². The third-order valence-corrected chi connectivity index (χ3v) is 4.09. The molecule has 0 unspecified atom stereocenters. The maximum Gasteiger partial charge on any atom is 0.357 e. The molecule has 2 aromatic carbocycles. The zero-order valence-electron chi connectivity index (χ0n) is 16.1. The highest BCUT2D eigenvalue weighted by Gasteiger charge is 2.18. The zero-order valence-corrected chi connectivity index (χ0v) is 16.1. The number of aryl methyl sites for hydroxylation is 1. The maximum atomic E-state index is 11.6. The van der Waals surface area contributed by atoms with E-state index in [1.807, 2.05) is 36.2 Å². The van der Waals surface area contributed by atoms with Crippen molar-refractivity contribution in [2.24, 2.45) is 0 Å². The Hall–Kier alpha value is -4.14. The van der Waals surface area contributed by atoms with Gasteiger partial charge in [-0.25, -0.2) is 4.79 Å². The lowest BCUT2D eigenvalue weighted by atomic mass is 10.2. The molecule has 0 saturated carbocycles. The summed E-state index contributed by atoms with van der Waals surface area (Å²) in [6, 6.07) is 14.7. The van der Waals surface area contributed by atoms with Crippen molar-refractivity contribution in [2.45, 2.75) is 6.92 Å². The van der Waals surface area contributed by atoms with Gasteiger partial charge in [0.1, 0.15) is 30.4 Å². The van der Waals surface area contributed by atoms with Gasteiger partial charge in [0.2, 0.25) is 0 Å². The van der Waals surface area contributed by atoms with Crippen LogP contribution in [0, 0.1) is 17.0 Å². The number of H-pyrrole nitrogens is 2. The second-order valence-corrected chi connectivity index (χ2v) is 6.34. The van der Waals surface area contributed by atoms with Gasteiger partial charge in [-0.3, -0.25) is 19.9 Å². The van der Waals surface area contributed by atoms with Gasteiger partial charge in [0.05, 0.1) is 4.92 Å². The second-order valence-electron chi connectivity index (χ2n) is 6.34. The number of nitro groups is 1. The monoisotopic (exact) mass is 409 g/mol. The molecule has 1 heterocycles. The molecule has 2 N–H and O–H groups in total. The molecular formula is C21H19N3O6. The van der Waals surface area contributed by atoms with Gasteiger partial charge >= 0.3 is 16.9 Å². The first kappa shape index (κ1) is 20.6. The normalized spacial score (nSPS) is 10.8. The third kappa shape index (κ3) is 5.44. The zero-order chi connectivity index (χ0) is 21.5. The number of ether oxygens (including phenoxy) is 2. The first-order chi connectivity index (χ1) is 14.4. The van der Waals surface area contributed by atoms with Crippen LogP contribution in [0.5, 0.6) is 11.5 Å². The lowest BCUT2D eigenvalue weighted by molar-refractivity contribution is -0.386. The predicted molar refractivity (Wildman–Crippen MR) is 112 cm³/mol. The summed E-state index contributed by atoms with van der Waals surface area (Å²) < 4.78 is 11.2. The van der Waals surface area contributed by atoms with Crippen molar-refractivity contribution in [1.82, 2.24) is 9.97 Å². The molecule has 1 aromatic heterocycles. The van der Waals surface area contributed by atoms with E-state index in [-0.39, 0.29) is 5.69 Å². The molecule has 0 aliphatic heterocycles. The van der Waals surface area contributed by atoms with Crippen LogP contribution in [0.15, 0.2) is 58.1 Å². The molecule has 0 aliphatic carbocycles. The molecule has 0 aliphatic rings. The molecule has 0 saturated heterocycles. The summed E-state index contributed by atoms with van der Waals surface area (Å²) in [5.41, 5.74) is -0.912. The van der Waals surface area contributed by atoms with Crippen molar-refractivity contribution < 1.29 is 14.4 Å². The van der Waals surface area contributed by atoms with Gasteiger partial charge in [-0.2, -0.15) is 0 Å². The molecule has 3 rings (SSSR count). The lowest BCUT2D eigenvalue weighted by Gasteiger charge is -2.08. The second kappa shape index (κ2) is 9.37. The Morgan fingerprint density at radius 1 is 0.900 bits per heavy atom. The largest absolute Gasteiger partial charge is 0.490 e. The van der Waals surface area contributed by atoms with E-state index >= 15 is 0 Å². The molecule has 9 heteroatoms. The van der Waals surface area contributed by atoms with Crippen LogP contribution in [-0.2, 0) is 0 Å². The fourth-order valence-corrected chi connectivity index (χ4v) is 2.61. The van der Waals surface area contributed by atoms with Crippen LogP contribution in [0.25, 0.3) is 12.2 Å². The molecule has 0 spiro atoms. The summed E-state index contributed by atoms with van der Waals surface area (Å²) in [6.45, 7) is 2.76. The average Bonchev–Trinajstić information content (AvgIpc) is 2.71. The minimum atomic E-state index is -1.06. The van der Waals surface area contributed by atoms with E-state index < -0.39 is 21.9 Å². The van der Waals surface area contributed by atoms with Crippen molar-refractivity contribution in [3.63, 3.8) is 0 Å². The van der Waals surface area contributed by atoms with Crippen molar-refractivity contribution in [3.05, 3.63) is 96.3 Å². The number of rotatable bonds is 8. The molecule has 0 amide bonds. The van der Waals surface area contributed by atoms with Crippen molar-refractivity contribution in [2.75, 3.05) is 13.2 Å². The first-order valence-electron chi connectivity index (χ1n) is 9.04. The number of aromatic nitrogens is 2. The van der Waals surface area contributed by atoms with Crippen LogP contribution in [0.4, 0.5) is 5.69 Å². The number of benzene rings is 2. The standard InChI is InChI=1S/C21H19N3O6/c1-14-2-7-16(8-3-14)29-12-13-30-17-9-4-15(5-10-17)6-11-18-19(24(27)28)20(25)23-21(26)22-18/h2-11H,12-13H2,1H3,(H2,22,23,25,26). The Morgan fingerprint density at radius 3 is 2.03 bits per heavy atom. The van der Waals surface area contributed by atoms with Gasteiger partial charge in [0, 0.05) is 0 Å². The van der Waals surface area contributed by atoms with Crippen LogP contribution in [0.2, 0.25) is 0 Å². The molecule has 0 fully saturated rings. The number of hydrogen-bond acceptors (Lipinski definition) is 6. The quantitative estimate of drug-likeness (QED) is 0.335. The third-order valence-electron chi connectivity index (χ3n) is 4.09. The number of aromatic amines is 2. The summed E-state index contributed by atoms with van der Waals surface area (Å²) in [5, 5.41) is 11.0. The molecule has 30 heavy (non-hydrogen) atoms. The van der Waals surface area contributed by atoms with Crippen LogP contribution in [0.3, 0.4) is 0 Å². The summed E-state index contributed by atoms with van der Waals surface area (Å²) >= 11 is 0. The topological polar surface area (TPSA) is 127 Å². The van der Waals surface area contributed by atoms with Gasteiger partial charge < -0.3 is 14.5 Å². The van der Waals surface area contributed by atoms with Crippen molar-refractivity contribution >= 4 is 17.8 Å². The minimum Gasteiger partial charge on any atom is -0.490 e. The lowest BCUT2D eigenvalue weighted by Crippen LogP contribution is -2.25. The highest BCUT2D eigenvalue weighted by molar-refractivity contribution is 5.71. The summed E-state index contributed by atoms with van der Waals surface area (Å²) in [5.74, 6) is 1.41. The molecule has 0 bridgehead atoms. The van der Waals surface area contributed by atoms with E-state index in [1.165, 1.54) is 6.08 Å². The van der Waals surface area contributed by atoms with E-state index in [1.54, 1.807) is 30.3 Å². The van der Waals surface area contributed by atoms with Gasteiger partial charge in [-0.05, 0) is 42.8 Å². The van der Waals surface area contributed by atoms with Gasteiger partial charge in [-0.15, -0.1) is 0 Å².